The number of thioether (sulfide) groups is 1. The largest absolute Gasteiger partial charge is 0.330 e. The second kappa shape index (κ2) is 8.50. The van der Waals surface area contributed by atoms with Gasteiger partial charge in [0, 0.05) is 22.2 Å². The van der Waals surface area contributed by atoms with Crippen LogP contribution < -0.4 is 5.73 Å². The minimum Gasteiger partial charge on any atom is -0.330 e. The first kappa shape index (κ1) is 16.4. The average molecular weight is 333 g/mol. The smallest absolute Gasteiger partial charge is 0.0542 e. The van der Waals surface area contributed by atoms with E-state index in [-0.39, 0.29) is 0 Å². The van der Waals surface area contributed by atoms with Crippen molar-refractivity contribution in [2.75, 3.05) is 31.9 Å². The number of rotatable bonds is 6. The molecule has 0 radical (unpaired) electrons. The summed E-state index contributed by atoms with van der Waals surface area (Å²) in [5, 5.41) is 1.54. The lowest BCUT2D eigenvalue weighted by Gasteiger charge is -2.31. The predicted octanol–water partition coefficient (Wildman–Crippen LogP) is 4.15. The summed E-state index contributed by atoms with van der Waals surface area (Å²) in [4.78, 5) is 3.62. The Morgan fingerprint density at radius 1 is 1.25 bits per heavy atom. The van der Waals surface area contributed by atoms with Crippen LogP contribution in [0.25, 0.3) is 0 Å². The van der Waals surface area contributed by atoms with Gasteiger partial charge in [0.1, 0.15) is 0 Å². The molecule has 1 aromatic rings. The quantitative estimate of drug-likeness (QED) is 0.793. The molecule has 1 aliphatic rings. The van der Waals surface area contributed by atoms with Crippen molar-refractivity contribution in [1.82, 2.24) is 4.90 Å². The van der Waals surface area contributed by atoms with Gasteiger partial charge in [-0.1, -0.05) is 23.2 Å². The SMILES string of the molecule is NCCC1CCN(CCSc2cc(Cl)ccc2Cl)CC1. The normalized spacial score (nSPS) is 17.6. The van der Waals surface area contributed by atoms with Gasteiger partial charge >= 0.3 is 0 Å². The van der Waals surface area contributed by atoms with E-state index < -0.39 is 0 Å². The van der Waals surface area contributed by atoms with Crippen LogP contribution in [0.3, 0.4) is 0 Å². The second-order valence-corrected chi connectivity index (χ2v) is 7.27. The molecule has 1 aromatic carbocycles. The molecule has 5 heteroatoms. The van der Waals surface area contributed by atoms with Crippen LogP contribution in [0.15, 0.2) is 23.1 Å². The van der Waals surface area contributed by atoms with Crippen molar-refractivity contribution in [3.05, 3.63) is 28.2 Å². The van der Waals surface area contributed by atoms with Crippen LogP contribution in [0.1, 0.15) is 19.3 Å². The van der Waals surface area contributed by atoms with Gasteiger partial charge in [0.2, 0.25) is 0 Å². The van der Waals surface area contributed by atoms with E-state index in [1.165, 1.54) is 32.4 Å². The first-order chi connectivity index (χ1) is 9.69. The Labute approximate surface area is 136 Å². The molecule has 2 N–H and O–H groups in total. The van der Waals surface area contributed by atoms with Gasteiger partial charge in [0.15, 0.2) is 0 Å². The van der Waals surface area contributed by atoms with Crippen LogP contribution in [-0.4, -0.2) is 36.8 Å². The zero-order chi connectivity index (χ0) is 14.4. The van der Waals surface area contributed by atoms with Crippen LogP contribution in [0.5, 0.6) is 0 Å². The summed E-state index contributed by atoms with van der Waals surface area (Å²) in [6.45, 7) is 4.35. The molecule has 1 heterocycles. The standard InChI is InChI=1S/C15H22Cl2N2S/c16-13-1-2-14(17)15(11-13)20-10-9-19-7-4-12(3-6-18)5-8-19/h1-2,11-12H,3-10,18H2. The molecule has 1 aliphatic heterocycles. The van der Waals surface area contributed by atoms with Crippen molar-refractivity contribution in [2.45, 2.75) is 24.2 Å². The van der Waals surface area contributed by atoms with Gasteiger partial charge in [-0.05, 0) is 63.0 Å². The number of hydrogen-bond donors (Lipinski definition) is 1. The van der Waals surface area contributed by atoms with Gasteiger partial charge in [-0.2, -0.15) is 0 Å². The van der Waals surface area contributed by atoms with Crippen molar-refractivity contribution in [3.63, 3.8) is 0 Å². The number of nitrogens with two attached hydrogens (primary N) is 1. The summed E-state index contributed by atoms with van der Waals surface area (Å²) in [5.41, 5.74) is 5.62. The van der Waals surface area contributed by atoms with Gasteiger partial charge in [-0.25, -0.2) is 0 Å². The lowest BCUT2D eigenvalue weighted by Crippen LogP contribution is -2.35. The Balaban J connectivity index is 1.70. The Kier molecular flexibility index (Phi) is 6.99. The lowest BCUT2D eigenvalue weighted by molar-refractivity contribution is 0.189. The fourth-order valence-electron chi connectivity index (χ4n) is 2.61. The van der Waals surface area contributed by atoms with Crippen LogP contribution in [0, 0.1) is 5.92 Å². The second-order valence-electron chi connectivity index (χ2n) is 5.29. The summed E-state index contributed by atoms with van der Waals surface area (Å²) in [5.74, 6) is 1.90. The lowest BCUT2D eigenvalue weighted by atomic mass is 9.94. The van der Waals surface area contributed by atoms with Crippen LogP contribution >= 0.6 is 35.0 Å². The van der Waals surface area contributed by atoms with E-state index in [4.69, 9.17) is 28.9 Å². The zero-order valence-electron chi connectivity index (χ0n) is 11.7. The first-order valence-corrected chi connectivity index (χ1v) is 8.93. The Morgan fingerprint density at radius 2 is 2.00 bits per heavy atom. The van der Waals surface area contributed by atoms with Gasteiger partial charge in [-0.3, -0.25) is 0 Å². The molecule has 2 nitrogen and oxygen atoms in total. The highest BCUT2D eigenvalue weighted by molar-refractivity contribution is 7.99. The molecule has 0 bridgehead atoms. The predicted molar refractivity (Wildman–Crippen MR) is 90.0 cm³/mol. The molecular weight excluding hydrogens is 311 g/mol. The maximum absolute atomic E-state index is 6.17. The number of likely N-dealkylation sites (tertiary alicyclic amines) is 1. The van der Waals surface area contributed by atoms with Crippen molar-refractivity contribution < 1.29 is 0 Å². The molecule has 0 amide bonds. The third kappa shape index (κ3) is 5.12. The third-order valence-corrected chi connectivity index (χ3v) is 5.55. The van der Waals surface area contributed by atoms with Gasteiger partial charge in [-0.15, -0.1) is 11.8 Å². The summed E-state index contributed by atoms with van der Waals surface area (Å²) in [7, 11) is 0. The molecule has 0 aliphatic carbocycles. The van der Waals surface area contributed by atoms with E-state index in [1.807, 2.05) is 18.2 Å². The molecule has 20 heavy (non-hydrogen) atoms. The maximum atomic E-state index is 6.17. The number of nitrogens with zero attached hydrogens (tertiary/aromatic N) is 1. The highest BCUT2D eigenvalue weighted by Crippen LogP contribution is 2.30. The monoisotopic (exact) mass is 332 g/mol. The number of halogens is 2. The third-order valence-electron chi connectivity index (χ3n) is 3.84. The van der Waals surface area contributed by atoms with Gasteiger partial charge in [0.05, 0.1) is 5.02 Å². The number of hydrogen-bond acceptors (Lipinski definition) is 3. The van der Waals surface area contributed by atoms with Crippen molar-refractivity contribution in [1.29, 1.82) is 0 Å². The molecule has 0 spiro atoms. The molecule has 0 unspecified atom stereocenters. The van der Waals surface area contributed by atoms with Crippen molar-refractivity contribution in [2.24, 2.45) is 11.7 Å². The van der Waals surface area contributed by atoms with E-state index >= 15 is 0 Å². The minimum absolute atomic E-state index is 0.750. The fourth-order valence-corrected chi connectivity index (χ4v) is 4.11. The van der Waals surface area contributed by atoms with E-state index in [9.17, 15) is 0 Å². The van der Waals surface area contributed by atoms with E-state index in [1.54, 1.807) is 11.8 Å². The average Bonchev–Trinajstić information content (AvgIpc) is 2.45. The number of piperidine rings is 1. The first-order valence-electron chi connectivity index (χ1n) is 7.19. The zero-order valence-corrected chi connectivity index (χ0v) is 14.0. The molecule has 2 rings (SSSR count). The van der Waals surface area contributed by atoms with E-state index in [2.05, 4.69) is 4.90 Å². The molecule has 1 fully saturated rings. The van der Waals surface area contributed by atoms with E-state index in [0.29, 0.717) is 0 Å². The summed E-state index contributed by atoms with van der Waals surface area (Å²) in [6.07, 6.45) is 3.76. The van der Waals surface area contributed by atoms with Crippen LogP contribution in [-0.2, 0) is 0 Å². The van der Waals surface area contributed by atoms with Crippen molar-refractivity contribution >= 4 is 35.0 Å². The Bertz CT molecular complexity index is 420. The van der Waals surface area contributed by atoms with E-state index in [0.717, 1.165) is 39.7 Å². The summed E-state index contributed by atoms with van der Waals surface area (Å²) < 4.78 is 0. The molecule has 0 aromatic heterocycles. The molecule has 112 valence electrons. The summed E-state index contributed by atoms with van der Waals surface area (Å²) >= 11 is 14.0. The summed E-state index contributed by atoms with van der Waals surface area (Å²) in [6, 6.07) is 5.64. The van der Waals surface area contributed by atoms with Crippen LogP contribution in [0.2, 0.25) is 10.0 Å². The van der Waals surface area contributed by atoms with Gasteiger partial charge in [0.25, 0.3) is 0 Å². The molecule has 0 atom stereocenters. The van der Waals surface area contributed by atoms with Gasteiger partial charge < -0.3 is 10.6 Å². The highest BCUT2D eigenvalue weighted by Gasteiger charge is 2.18. The minimum atomic E-state index is 0.750. The van der Waals surface area contributed by atoms with Crippen molar-refractivity contribution in [3.8, 4) is 0 Å². The fraction of sp³-hybridized carbons (Fsp3) is 0.600. The number of benzene rings is 1. The topological polar surface area (TPSA) is 29.3 Å². The maximum Gasteiger partial charge on any atom is 0.0542 e. The Hall–Kier alpha value is 0.0700. The molecule has 1 saturated heterocycles. The van der Waals surface area contributed by atoms with Crippen LogP contribution in [0.4, 0.5) is 0 Å². The molecule has 0 saturated carbocycles. The molecular formula is C15H22Cl2N2S. The Morgan fingerprint density at radius 3 is 2.70 bits per heavy atom. The highest BCUT2D eigenvalue weighted by atomic mass is 35.5.